The van der Waals surface area contributed by atoms with Gasteiger partial charge in [0.1, 0.15) is 5.56 Å². The highest BCUT2D eigenvalue weighted by molar-refractivity contribution is 7.80. The van der Waals surface area contributed by atoms with Gasteiger partial charge in [0, 0.05) is 12.0 Å². The van der Waals surface area contributed by atoms with Crippen LogP contribution in [0.5, 0.6) is 0 Å². The number of amides is 2. The van der Waals surface area contributed by atoms with Gasteiger partial charge in [0.2, 0.25) is 5.91 Å². The number of hydrogen-bond donors (Lipinski definition) is 3. The van der Waals surface area contributed by atoms with E-state index < -0.39 is 10.8 Å². The van der Waals surface area contributed by atoms with Crippen molar-refractivity contribution in [3.05, 3.63) is 39.9 Å². The summed E-state index contributed by atoms with van der Waals surface area (Å²) < 4.78 is 0. The molecule has 2 rings (SSSR count). The maximum atomic E-state index is 11.9. The number of para-hydroxylation sites is 1. The zero-order valence-electron chi connectivity index (χ0n) is 10.8. The second-order valence-corrected chi connectivity index (χ2v) is 4.85. The predicted molar refractivity (Wildman–Crippen MR) is 77.2 cm³/mol. The Morgan fingerprint density at radius 3 is 2.52 bits per heavy atom. The van der Waals surface area contributed by atoms with E-state index in [1.807, 2.05) is 0 Å². The van der Waals surface area contributed by atoms with Crippen LogP contribution in [0.1, 0.15) is 23.2 Å². The van der Waals surface area contributed by atoms with Crippen molar-refractivity contribution in [2.75, 3.05) is 0 Å². The fraction of sp³-hybridized carbons (Fsp3) is 0.250. The Labute approximate surface area is 125 Å². The fourth-order valence-electron chi connectivity index (χ4n) is 1.59. The van der Waals surface area contributed by atoms with E-state index in [1.54, 1.807) is 0 Å². The molecule has 0 aliphatic heterocycles. The van der Waals surface area contributed by atoms with Gasteiger partial charge in [-0.2, -0.15) is 0 Å². The van der Waals surface area contributed by atoms with Gasteiger partial charge in [-0.15, -0.1) is 0 Å². The summed E-state index contributed by atoms with van der Waals surface area (Å²) in [6.45, 7) is 0. The van der Waals surface area contributed by atoms with Crippen LogP contribution in [0, 0.1) is 16.0 Å². The first-order valence-corrected chi connectivity index (χ1v) is 6.54. The minimum absolute atomic E-state index is 0.00814. The average Bonchev–Trinajstić information content (AvgIpc) is 3.29. The van der Waals surface area contributed by atoms with Crippen LogP contribution in [-0.2, 0) is 4.79 Å². The maximum Gasteiger partial charge on any atom is 0.282 e. The van der Waals surface area contributed by atoms with Gasteiger partial charge in [-0.25, -0.2) is 0 Å². The molecule has 1 fully saturated rings. The third-order valence-electron chi connectivity index (χ3n) is 2.82. The molecule has 1 aromatic carbocycles. The lowest BCUT2D eigenvalue weighted by Crippen LogP contribution is -2.49. The van der Waals surface area contributed by atoms with E-state index in [-0.39, 0.29) is 28.2 Å². The Balaban J connectivity index is 1.93. The number of nitrogens with one attached hydrogen (secondary N) is 3. The van der Waals surface area contributed by atoms with E-state index in [0.717, 1.165) is 12.8 Å². The first-order valence-electron chi connectivity index (χ1n) is 6.13. The second-order valence-electron chi connectivity index (χ2n) is 4.45. The molecular formula is C12H12N4O4S. The van der Waals surface area contributed by atoms with Gasteiger partial charge in [0.25, 0.3) is 11.6 Å². The van der Waals surface area contributed by atoms with Crippen molar-refractivity contribution >= 4 is 34.8 Å². The van der Waals surface area contributed by atoms with Crippen LogP contribution in [-0.4, -0.2) is 21.9 Å². The Morgan fingerprint density at radius 1 is 1.24 bits per heavy atom. The quantitative estimate of drug-likeness (QED) is 0.429. The summed E-state index contributed by atoms with van der Waals surface area (Å²) in [7, 11) is 0. The SMILES string of the molecule is O=C(NC(=S)NNC(=O)C1CC1)c1ccccc1[N+](=O)[O-]. The lowest BCUT2D eigenvalue weighted by atomic mass is 10.1. The van der Waals surface area contributed by atoms with Crippen LogP contribution < -0.4 is 16.2 Å². The van der Waals surface area contributed by atoms with Crippen LogP contribution >= 0.6 is 12.2 Å². The first kappa shape index (κ1) is 14.9. The lowest BCUT2D eigenvalue weighted by Gasteiger charge is -2.10. The predicted octanol–water partition coefficient (Wildman–Crippen LogP) is 0.640. The van der Waals surface area contributed by atoms with E-state index in [9.17, 15) is 19.7 Å². The molecule has 1 aliphatic rings. The Hall–Kier alpha value is -2.55. The molecule has 0 bridgehead atoms. The number of rotatable bonds is 3. The van der Waals surface area contributed by atoms with Gasteiger partial charge in [-0.1, -0.05) is 12.1 Å². The molecule has 9 heteroatoms. The fourth-order valence-corrected chi connectivity index (χ4v) is 1.74. The van der Waals surface area contributed by atoms with Crippen molar-refractivity contribution in [3.63, 3.8) is 0 Å². The highest BCUT2D eigenvalue weighted by Gasteiger charge is 2.29. The number of thiocarbonyl (C=S) groups is 1. The normalized spacial score (nSPS) is 13.1. The smallest absolute Gasteiger partial charge is 0.282 e. The number of carbonyl (C=O) groups is 2. The zero-order chi connectivity index (χ0) is 15.4. The van der Waals surface area contributed by atoms with Crippen LogP contribution in [0.3, 0.4) is 0 Å². The van der Waals surface area contributed by atoms with E-state index >= 15 is 0 Å². The largest absolute Gasteiger partial charge is 0.297 e. The van der Waals surface area contributed by atoms with Crippen molar-refractivity contribution in [1.82, 2.24) is 16.2 Å². The summed E-state index contributed by atoms with van der Waals surface area (Å²) in [5.74, 6) is -0.927. The highest BCUT2D eigenvalue weighted by Crippen LogP contribution is 2.28. The molecule has 0 aromatic heterocycles. The van der Waals surface area contributed by atoms with Gasteiger partial charge in [0.15, 0.2) is 5.11 Å². The summed E-state index contributed by atoms with van der Waals surface area (Å²) in [6.07, 6.45) is 1.67. The Bertz CT molecular complexity index is 615. The second kappa shape index (κ2) is 6.27. The molecular weight excluding hydrogens is 296 g/mol. The van der Waals surface area contributed by atoms with Crippen molar-refractivity contribution in [3.8, 4) is 0 Å². The molecule has 8 nitrogen and oxygen atoms in total. The molecule has 0 spiro atoms. The third-order valence-corrected chi connectivity index (χ3v) is 3.02. The molecule has 2 amide bonds. The lowest BCUT2D eigenvalue weighted by molar-refractivity contribution is -0.385. The van der Waals surface area contributed by atoms with Crippen LogP contribution in [0.2, 0.25) is 0 Å². The summed E-state index contributed by atoms with van der Waals surface area (Å²) in [6, 6.07) is 5.51. The molecule has 0 unspecified atom stereocenters. The number of carbonyl (C=O) groups excluding carboxylic acids is 2. The molecule has 1 aliphatic carbocycles. The summed E-state index contributed by atoms with van der Waals surface area (Å²) >= 11 is 4.84. The number of nitrogens with zero attached hydrogens (tertiary/aromatic N) is 1. The Morgan fingerprint density at radius 2 is 1.90 bits per heavy atom. The van der Waals surface area contributed by atoms with Gasteiger partial charge < -0.3 is 0 Å². The van der Waals surface area contributed by atoms with E-state index in [2.05, 4.69) is 16.2 Å². The maximum absolute atomic E-state index is 11.9. The monoisotopic (exact) mass is 308 g/mol. The molecule has 0 heterocycles. The first-order chi connectivity index (χ1) is 9.99. The number of nitro benzene ring substituents is 1. The summed E-state index contributed by atoms with van der Waals surface area (Å²) in [4.78, 5) is 33.5. The number of hydrazine groups is 1. The number of benzene rings is 1. The standard InChI is InChI=1S/C12H12N4O4S/c17-10(7-5-6-7)14-15-12(21)13-11(18)8-3-1-2-4-9(8)16(19)20/h1-4,7H,5-6H2,(H,14,17)(H2,13,15,18,21). The zero-order valence-corrected chi connectivity index (χ0v) is 11.6. The third kappa shape index (κ3) is 3.96. The summed E-state index contributed by atoms with van der Waals surface area (Å²) in [5.41, 5.74) is 4.31. The van der Waals surface area contributed by atoms with E-state index in [0.29, 0.717) is 0 Å². The van der Waals surface area contributed by atoms with Crippen LogP contribution in [0.15, 0.2) is 24.3 Å². The van der Waals surface area contributed by atoms with Crippen molar-refractivity contribution in [2.45, 2.75) is 12.8 Å². The van der Waals surface area contributed by atoms with E-state index in [1.165, 1.54) is 24.3 Å². The molecule has 3 N–H and O–H groups in total. The molecule has 0 radical (unpaired) electrons. The molecule has 110 valence electrons. The van der Waals surface area contributed by atoms with Crippen LogP contribution in [0.4, 0.5) is 5.69 Å². The highest BCUT2D eigenvalue weighted by atomic mass is 32.1. The molecule has 21 heavy (non-hydrogen) atoms. The molecule has 1 saturated carbocycles. The van der Waals surface area contributed by atoms with Gasteiger partial charge in [-0.3, -0.25) is 35.9 Å². The summed E-state index contributed by atoms with van der Waals surface area (Å²) in [5, 5.41) is 13.0. The topological polar surface area (TPSA) is 113 Å². The Kier molecular flexibility index (Phi) is 4.43. The van der Waals surface area contributed by atoms with E-state index in [4.69, 9.17) is 12.2 Å². The minimum atomic E-state index is -0.722. The average molecular weight is 308 g/mol. The van der Waals surface area contributed by atoms with Gasteiger partial charge in [0.05, 0.1) is 4.92 Å². The van der Waals surface area contributed by atoms with Crippen molar-refractivity contribution in [2.24, 2.45) is 5.92 Å². The number of nitro groups is 1. The van der Waals surface area contributed by atoms with Crippen molar-refractivity contribution < 1.29 is 14.5 Å². The minimum Gasteiger partial charge on any atom is -0.297 e. The molecule has 0 atom stereocenters. The van der Waals surface area contributed by atoms with Gasteiger partial charge in [-0.05, 0) is 31.1 Å². The van der Waals surface area contributed by atoms with Gasteiger partial charge >= 0.3 is 0 Å². The van der Waals surface area contributed by atoms with Crippen LogP contribution in [0.25, 0.3) is 0 Å². The molecule has 0 saturated heterocycles. The number of hydrogen-bond acceptors (Lipinski definition) is 5. The van der Waals surface area contributed by atoms with Crippen molar-refractivity contribution in [1.29, 1.82) is 0 Å². The molecule has 1 aromatic rings.